The van der Waals surface area contributed by atoms with Crippen molar-refractivity contribution in [1.82, 2.24) is 21.7 Å². The Morgan fingerprint density at radius 1 is 0.963 bits per heavy atom. The Morgan fingerprint density at radius 2 is 1.70 bits per heavy atom. The Balaban J connectivity index is 1.54. The van der Waals surface area contributed by atoms with Crippen LogP contribution in [0.2, 0.25) is 0 Å². The number of rotatable bonds is 3. The molecule has 1 saturated heterocycles. The normalized spacial score (nSPS) is 19.5. The number of amides is 2. The Bertz CT molecular complexity index is 827. The number of nitrogens with one attached hydrogen (secondary N) is 4. The molecule has 27 heavy (non-hydrogen) atoms. The van der Waals surface area contributed by atoms with Crippen LogP contribution >= 0.6 is 0 Å². The first-order valence-corrected chi connectivity index (χ1v) is 8.18. The van der Waals surface area contributed by atoms with Crippen LogP contribution < -0.4 is 21.7 Å². The van der Waals surface area contributed by atoms with Crippen molar-refractivity contribution < 1.29 is 22.8 Å². The molecule has 0 aromatic heterocycles. The smallest absolute Gasteiger partial charge is 0.271 e. The number of carbonyl (C=O) groups excluding carboxylic acids is 2. The van der Waals surface area contributed by atoms with E-state index in [0.29, 0.717) is 6.42 Å². The van der Waals surface area contributed by atoms with Gasteiger partial charge in [0.05, 0.1) is 5.56 Å². The molecule has 2 amide bonds. The van der Waals surface area contributed by atoms with Crippen molar-refractivity contribution in [3.05, 3.63) is 71.3 Å². The van der Waals surface area contributed by atoms with Gasteiger partial charge in [0.15, 0.2) is 0 Å². The topological polar surface area (TPSA) is 82.3 Å². The van der Waals surface area contributed by atoms with Crippen molar-refractivity contribution >= 4 is 11.8 Å². The van der Waals surface area contributed by atoms with Gasteiger partial charge in [-0.25, -0.2) is 10.9 Å². The van der Waals surface area contributed by atoms with E-state index in [1.54, 1.807) is 0 Å². The third-order valence-corrected chi connectivity index (χ3v) is 4.17. The van der Waals surface area contributed by atoms with Crippen LogP contribution in [0.5, 0.6) is 0 Å². The molecule has 142 valence electrons. The first-order valence-electron chi connectivity index (χ1n) is 8.18. The predicted molar refractivity (Wildman–Crippen MR) is 90.9 cm³/mol. The zero-order chi connectivity index (χ0) is 19.4. The highest BCUT2D eigenvalue weighted by molar-refractivity contribution is 5.96. The standard InChI is InChI=1S/C18H17F3N4O2/c19-18(20,21)13-8-4-7-12(9-13)16(26)24-25-17(27)15-10-14(22-23-15)11-5-2-1-3-6-11/h1-9,14-15,22-23H,10H2,(H,24,26)(H,25,27). The molecule has 2 aromatic carbocycles. The van der Waals surface area contributed by atoms with Gasteiger partial charge in [0, 0.05) is 11.6 Å². The van der Waals surface area contributed by atoms with E-state index in [4.69, 9.17) is 0 Å². The van der Waals surface area contributed by atoms with Gasteiger partial charge in [-0.1, -0.05) is 36.4 Å². The Kier molecular flexibility index (Phi) is 5.43. The van der Waals surface area contributed by atoms with E-state index < -0.39 is 29.6 Å². The largest absolute Gasteiger partial charge is 0.416 e. The molecule has 2 aromatic rings. The summed E-state index contributed by atoms with van der Waals surface area (Å²) in [5.74, 6) is -1.33. The molecular weight excluding hydrogens is 361 g/mol. The fraction of sp³-hybridized carbons (Fsp3) is 0.222. The first kappa shape index (κ1) is 18.9. The third kappa shape index (κ3) is 4.63. The lowest BCUT2D eigenvalue weighted by molar-refractivity contribution is -0.137. The van der Waals surface area contributed by atoms with Gasteiger partial charge in [-0.15, -0.1) is 0 Å². The van der Waals surface area contributed by atoms with Crippen molar-refractivity contribution in [3.63, 3.8) is 0 Å². The van der Waals surface area contributed by atoms with Gasteiger partial charge in [0.2, 0.25) is 0 Å². The number of benzene rings is 2. The highest BCUT2D eigenvalue weighted by Crippen LogP contribution is 2.29. The number of hydrazine groups is 2. The Labute approximate surface area is 153 Å². The minimum atomic E-state index is -4.55. The summed E-state index contributed by atoms with van der Waals surface area (Å²) in [6.45, 7) is 0. The van der Waals surface area contributed by atoms with Gasteiger partial charge in [-0.2, -0.15) is 13.2 Å². The van der Waals surface area contributed by atoms with Crippen molar-refractivity contribution in [2.24, 2.45) is 0 Å². The Hall–Kier alpha value is -2.91. The third-order valence-electron chi connectivity index (χ3n) is 4.17. The molecule has 3 rings (SSSR count). The molecule has 9 heteroatoms. The quantitative estimate of drug-likeness (QED) is 0.617. The van der Waals surface area contributed by atoms with Crippen LogP contribution in [0.25, 0.3) is 0 Å². The SMILES string of the molecule is O=C(NNC(=O)C1CC(c2ccccc2)NN1)c1cccc(C(F)(F)F)c1. The number of alkyl halides is 3. The van der Waals surface area contributed by atoms with Crippen LogP contribution in [0.3, 0.4) is 0 Å². The summed E-state index contributed by atoms with van der Waals surface area (Å²) in [6, 6.07) is 12.8. The van der Waals surface area contributed by atoms with E-state index in [1.165, 1.54) is 6.07 Å². The maximum atomic E-state index is 12.7. The summed E-state index contributed by atoms with van der Waals surface area (Å²) in [5.41, 5.74) is 10.1. The number of halogens is 3. The maximum absolute atomic E-state index is 12.7. The zero-order valence-corrected chi connectivity index (χ0v) is 14.0. The summed E-state index contributed by atoms with van der Waals surface area (Å²) in [7, 11) is 0. The second-order valence-corrected chi connectivity index (χ2v) is 6.06. The van der Waals surface area contributed by atoms with E-state index in [9.17, 15) is 22.8 Å². The molecule has 1 aliphatic rings. The molecule has 4 N–H and O–H groups in total. The lowest BCUT2D eigenvalue weighted by atomic mass is 10.0. The van der Waals surface area contributed by atoms with E-state index >= 15 is 0 Å². The molecule has 0 bridgehead atoms. The van der Waals surface area contributed by atoms with Crippen LogP contribution in [0.4, 0.5) is 13.2 Å². The highest BCUT2D eigenvalue weighted by Gasteiger charge is 2.32. The molecule has 1 heterocycles. The van der Waals surface area contributed by atoms with Crippen LogP contribution in [0.15, 0.2) is 54.6 Å². The molecule has 0 radical (unpaired) electrons. The fourth-order valence-electron chi connectivity index (χ4n) is 2.75. The second-order valence-electron chi connectivity index (χ2n) is 6.06. The van der Waals surface area contributed by atoms with Crippen molar-refractivity contribution in [1.29, 1.82) is 0 Å². The number of hydrogen-bond acceptors (Lipinski definition) is 4. The van der Waals surface area contributed by atoms with Gasteiger partial charge in [-0.05, 0) is 30.2 Å². The summed E-state index contributed by atoms with van der Waals surface area (Å²) >= 11 is 0. The minimum absolute atomic E-state index is 0.0684. The maximum Gasteiger partial charge on any atom is 0.416 e. The molecule has 2 atom stereocenters. The van der Waals surface area contributed by atoms with Gasteiger partial charge in [-0.3, -0.25) is 20.4 Å². The van der Waals surface area contributed by atoms with Crippen molar-refractivity contribution in [2.75, 3.05) is 0 Å². The van der Waals surface area contributed by atoms with Gasteiger partial charge < -0.3 is 0 Å². The summed E-state index contributed by atoms with van der Waals surface area (Å²) in [6.07, 6.45) is -4.10. The average molecular weight is 378 g/mol. The minimum Gasteiger partial charge on any atom is -0.271 e. The average Bonchev–Trinajstić information content (AvgIpc) is 3.16. The predicted octanol–water partition coefficient (Wildman–Crippen LogP) is 2.07. The lowest BCUT2D eigenvalue weighted by Gasteiger charge is -2.12. The van der Waals surface area contributed by atoms with Crippen LogP contribution in [0, 0.1) is 0 Å². The zero-order valence-electron chi connectivity index (χ0n) is 14.0. The monoisotopic (exact) mass is 378 g/mol. The van der Waals surface area contributed by atoms with Crippen molar-refractivity contribution in [2.45, 2.75) is 24.7 Å². The van der Waals surface area contributed by atoms with E-state index in [0.717, 1.165) is 23.8 Å². The summed E-state index contributed by atoms with van der Waals surface area (Å²) in [4.78, 5) is 24.2. The van der Waals surface area contributed by atoms with E-state index in [-0.39, 0.29) is 11.6 Å². The second kappa shape index (κ2) is 7.77. The highest BCUT2D eigenvalue weighted by atomic mass is 19.4. The molecule has 6 nitrogen and oxygen atoms in total. The molecule has 2 unspecified atom stereocenters. The summed E-state index contributed by atoms with van der Waals surface area (Å²) in [5, 5.41) is 0. The van der Waals surface area contributed by atoms with Gasteiger partial charge in [0.1, 0.15) is 6.04 Å². The molecular formula is C18H17F3N4O2. The molecule has 0 saturated carbocycles. The molecule has 1 fully saturated rings. The number of hydrogen-bond donors (Lipinski definition) is 4. The summed E-state index contributed by atoms with van der Waals surface area (Å²) < 4.78 is 38.1. The Morgan fingerprint density at radius 3 is 2.41 bits per heavy atom. The molecule has 0 spiro atoms. The van der Waals surface area contributed by atoms with Gasteiger partial charge in [0.25, 0.3) is 11.8 Å². The van der Waals surface area contributed by atoms with Gasteiger partial charge >= 0.3 is 6.18 Å². The first-order chi connectivity index (χ1) is 12.8. The lowest BCUT2D eigenvalue weighted by Crippen LogP contribution is -2.50. The van der Waals surface area contributed by atoms with Crippen LogP contribution in [-0.4, -0.2) is 17.9 Å². The van der Waals surface area contributed by atoms with Crippen molar-refractivity contribution in [3.8, 4) is 0 Å². The molecule has 0 aliphatic carbocycles. The molecule has 1 aliphatic heterocycles. The van der Waals surface area contributed by atoms with E-state index in [1.807, 2.05) is 30.3 Å². The van der Waals surface area contributed by atoms with E-state index in [2.05, 4.69) is 21.7 Å². The number of carbonyl (C=O) groups is 2. The fourth-order valence-corrected chi connectivity index (χ4v) is 2.75. The van der Waals surface area contributed by atoms with Crippen LogP contribution in [0.1, 0.15) is 33.9 Å². The van der Waals surface area contributed by atoms with Crippen LogP contribution in [-0.2, 0) is 11.0 Å².